The lowest BCUT2D eigenvalue weighted by Gasteiger charge is -2.13. The fraction of sp³-hybridized carbons (Fsp3) is 0.158. The fourth-order valence-electron chi connectivity index (χ4n) is 3.08. The molecule has 0 atom stereocenters. The van der Waals surface area contributed by atoms with E-state index in [1.165, 1.54) is 4.57 Å². The Hall–Kier alpha value is -3.88. The van der Waals surface area contributed by atoms with Crippen molar-refractivity contribution in [1.29, 1.82) is 0 Å². The van der Waals surface area contributed by atoms with Crippen LogP contribution in [0.2, 0.25) is 0 Å². The third kappa shape index (κ3) is 3.02. The lowest BCUT2D eigenvalue weighted by molar-refractivity contribution is 0.0880. The predicted molar refractivity (Wildman–Crippen MR) is 101 cm³/mol. The number of ether oxygens (including phenoxy) is 1. The molecule has 142 valence electrons. The molecule has 3 heterocycles. The van der Waals surface area contributed by atoms with Crippen molar-refractivity contribution in [3.8, 4) is 11.4 Å². The third-order valence-electron chi connectivity index (χ3n) is 4.41. The Labute approximate surface area is 159 Å². The number of imide groups is 1. The Morgan fingerprint density at radius 2 is 1.86 bits per heavy atom. The quantitative estimate of drug-likeness (QED) is 0.635. The van der Waals surface area contributed by atoms with E-state index in [1.807, 2.05) is 19.2 Å². The number of rotatable bonds is 5. The lowest BCUT2D eigenvalue weighted by Crippen LogP contribution is -2.24. The molecule has 2 amide bonds. The van der Waals surface area contributed by atoms with Crippen molar-refractivity contribution in [1.82, 2.24) is 19.7 Å². The number of benzene rings is 1. The second-order valence-electron chi connectivity index (χ2n) is 6.34. The van der Waals surface area contributed by atoms with Gasteiger partial charge in [-0.05, 0) is 37.3 Å². The van der Waals surface area contributed by atoms with E-state index in [1.54, 1.807) is 28.9 Å². The molecule has 1 aromatic carbocycles. The molecule has 0 radical (unpaired) electrons. The number of carbonyl (C=O) groups is 2. The molecule has 28 heavy (non-hydrogen) atoms. The molecule has 0 fully saturated rings. The van der Waals surface area contributed by atoms with Crippen molar-refractivity contribution < 1.29 is 14.3 Å². The molecule has 0 aliphatic carbocycles. The number of anilines is 1. The van der Waals surface area contributed by atoms with E-state index in [9.17, 15) is 14.4 Å². The highest BCUT2D eigenvalue weighted by molar-refractivity contribution is 6.23. The first-order valence-electron chi connectivity index (χ1n) is 8.58. The van der Waals surface area contributed by atoms with Gasteiger partial charge in [-0.25, -0.2) is 0 Å². The maximum Gasteiger partial charge on any atom is 0.262 e. The van der Waals surface area contributed by atoms with Gasteiger partial charge in [0.05, 0.1) is 29.1 Å². The van der Waals surface area contributed by atoms with E-state index in [4.69, 9.17) is 10.5 Å². The molecule has 0 unspecified atom stereocenters. The van der Waals surface area contributed by atoms with Gasteiger partial charge in [-0.1, -0.05) is 0 Å². The maximum absolute atomic E-state index is 12.4. The molecule has 9 nitrogen and oxygen atoms in total. The van der Waals surface area contributed by atoms with E-state index < -0.39 is 17.4 Å². The van der Waals surface area contributed by atoms with Gasteiger partial charge in [0.1, 0.15) is 18.2 Å². The predicted octanol–water partition coefficient (Wildman–Crippen LogP) is 0.887. The number of fused-ring (bicyclic) bond motifs is 1. The van der Waals surface area contributed by atoms with Gasteiger partial charge in [0.15, 0.2) is 0 Å². The summed E-state index contributed by atoms with van der Waals surface area (Å²) in [6.45, 7) is 2.96. The number of nitrogens with one attached hydrogen (secondary N) is 1. The zero-order chi connectivity index (χ0) is 19.8. The van der Waals surface area contributed by atoms with Crippen molar-refractivity contribution in [3.63, 3.8) is 0 Å². The van der Waals surface area contributed by atoms with Crippen LogP contribution in [0.1, 0.15) is 26.4 Å². The van der Waals surface area contributed by atoms with Crippen LogP contribution in [0, 0.1) is 6.92 Å². The molecular formula is C19H17N5O4. The number of carbonyl (C=O) groups excluding carboxylic acids is 2. The molecule has 2 aromatic heterocycles. The topological polar surface area (TPSA) is 121 Å². The van der Waals surface area contributed by atoms with Crippen LogP contribution in [-0.2, 0) is 6.54 Å². The van der Waals surface area contributed by atoms with E-state index in [0.717, 1.165) is 11.8 Å². The Balaban J connectivity index is 1.54. The van der Waals surface area contributed by atoms with E-state index in [0.29, 0.717) is 24.6 Å². The van der Waals surface area contributed by atoms with Crippen LogP contribution >= 0.6 is 0 Å². The van der Waals surface area contributed by atoms with Crippen LogP contribution in [-0.4, -0.2) is 32.8 Å². The minimum Gasteiger partial charge on any atom is -0.492 e. The number of hydrogen-bond acceptors (Lipinski definition) is 6. The SMILES string of the molecule is Cc1ccn(CCOc2ccc(-n3c(N)c4c(cc3=O)C(=O)NC4=O)cc2)n1. The highest BCUT2D eigenvalue weighted by Crippen LogP contribution is 2.23. The normalized spacial score (nSPS) is 12.8. The van der Waals surface area contributed by atoms with E-state index >= 15 is 0 Å². The summed E-state index contributed by atoms with van der Waals surface area (Å²) in [6.07, 6.45) is 1.88. The molecule has 0 saturated carbocycles. The molecule has 3 N–H and O–H groups in total. The Morgan fingerprint density at radius 1 is 1.11 bits per heavy atom. The Bertz CT molecular complexity index is 1140. The summed E-state index contributed by atoms with van der Waals surface area (Å²) in [6, 6.07) is 9.75. The number of amides is 2. The van der Waals surface area contributed by atoms with Gasteiger partial charge in [-0.3, -0.25) is 28.9 Å². The first-order chi connectivity index (χ1) is 13.4. The molecule has 0 spiro atoms. The van der Waals surface area contributed by atoms with Crippen LogP contribution in [0.15, 0.2) is 47.4 Å². The van der Waals surface area contributed by atoms with Crippen molar-refractivity contribution in [2.45, 2.75) is 13.5 Å². The van der Waals surface area contributed by atoms with Gasteiger partial charge in [0.2, 0.25) is 0 Å². The number of nitrogen functional groups attached to an aromatic ring is 1. The summed E-state index contributed by atoms with van der Waals surface area (Å²) in [4.78, 5) is 36.1. The number of nitrogens with zero attached hydrogens (tertiary/aromatic N) is 3. The molecule has 3 aromatic rings. The lowest BCUT2D eigenvalue weighted by atomic mass is 10.1. The van der Waals surface area contributed by atoms with Gasteiger partial charge in [-0.15, -0.1) is 0 Å². The number of aromatic nitrogens is 3. The van der Waals surface area contributed by atoms with Crippen molar-refractivity contribution in [2.75, 3.05) is 12.3 Å². The third-order valence-corrected chi connectivity index (χ3v) is 4.41. The monoisotopic (exact) mass is 379 g/mol. The highest BCUT2D eigenvalue weighted by atomic mass is 16.5. The molecule has 1 aliphatic rings. The van der Waals surface area contributed by atoms with Crippen molar-refractivity contribution in [3.05, 3.63) is 69.8 Å². The van der Waals surface area contributed by atoms with Crippen molar-refractivity contribution in [2.24, 2.45) is 0 Å². The van der Waals surface area contributed by atoms with Crippen LogP contribution in [0.25, 0.3) is 5.69 Å². The largest absolute Gasteiger partial charge is 0.492 e. The summed E-state index contributed by atoms with van der Waals surface area (Å²) in [5, 5.41) is 6.42. The standard InChI is InChI=1S/C19H17N5O4/c1-11-6-7-23(22-11)8-9-28-13-4-2-12(3-5-13)24-15(25)10-14-16(17(24)20)19(27)21-18(14)26/h2-7,10H,8-9,20H2,1H3,(H,21,26,27). The molecule has 9 heteroatoms. The molecule has 0 bridgehead atoms. The zero-order valence-corrected chi connectivity index (χ0v) is 15.0. The first-order valence-corrected chi connectivity index (χ1v) is 8.58. The number of nitrogens with two attached hydrogens (primary N) is 1. The second kappa shape index (κ2) is 6.69. The summed E-state index contributed by atoms with van der Waals surface area (Å²) in [5.74, 6) is -0.686. The van der Waals surface area contributed by atoms with Crippen LogP contribution in [0.3, 0.4) is 0 Å². The second-order valence-corrected chi connectivity index (χ2v) is 6.34. The average Bonchev–Trinajstić information content (AvgIpc) is 3.19. The van der Waals surface area contributed by atoms with Crippen LogP contribution < -0.4 is 21.3 Å². The summed E-state index contributed by atoms with van der Waals surface area (Å²) < 4.78 is 8.67. The number of pyridine rings is 1. The Morgan fingerprint density at radius 3 is 2.54 bits per heavy atom. The molecule has 0 saturated heterocycles. The van der Waals surface area contributed by atoms with Gasteiger partial charge in [0, 0.05) is 12.3 Å². The van der Waals surface area contributed by atoms with Gasteiger partial charge < -0.3 is 10.5 Å². The van der Waals surface area contributed by atoms with E-state index in [-0.39, 0.29) is 16.9 Å². The smallest absolute Gasteiger partial charge is 0.262 e. The molecule has 1 aliphatic heterocycles. The molecule has 4 rings (SSSR count). The van der Waals surface area contributed by atoms with Gasteiger partial charge >= 0.3 is 0 Å². The minimum absolute atomic E-state index is 0.00226. The minimum atomic E-state index is -0.618. The Kier molecular flexibility index (Phi) is 4.19. The average molecular weight is 379 g/mol. The van der Waals surface area contributed by atoms with Crippen LogP contribution in [0.5, 0.6) is 5.75 Å². The highest BCUT2D eigenvalue weighted by Gasteiger charge is 2.31. The summed E-state index contributed by atoms with van der Waals surface area (Å²) in [5.41, 5.74) is 6.94. The summed E-state index contributed by atoms with van der Waals surface area (Å²) in [7, 11) is 0. The number of hydrogen-bond donors (Lipinski definition) is 2. The van der Waals surface area contributed by atoms with Gasteiger partial charge in [-0.2, -0.15) is 5.10 Å². The number of aryl methyl sites for hydroxylation is 1. The fourth-order valence-corrected chi connectivity index (χ4v) is 3.08. The molecular weight excluding hydrogens is 362 g/mol. The zero-order valence-electron chi connectivity index (χ0n) is 15.0. The summed E-state index contributed by atoms with van der Waals surface area (Å²) >= 11 is 0. The van der Waals surface area contributed by atoms with Gasteiger partial charge in [0.25, 0.3) is 17.4 Å². The van der Waals surface area contributed by atoms with Crippen LogP contribution in [0.4, 0.5) is 5.82 Å². The van der Waals surface area contributed by atoms with E-state index in [2.05, 4.69) is 10.4 Å². The van der Waals surface area contributed by atoms with Crippen molar-refractivity contribution >= 4 is 17.6 Å². The maximum atomic E-state index is 12.4. The first kappa shape index (κ1) is 17.5.